The number of carbonyl (C=O) groups is 2. The van der Waals surface area contributed by atoms with Gasteiger partial charge in [0.15, 0.2) is 0 Å². The second kappa shape index (κ2) is 15.0. The van der Waals surface area contributed by atoms with Crippen LogP contribution in [-0.4, -0.2) is 116 Å². The van der Waals surface area contributed by atoms with Crippen molar-refractivity contribution in [3.05, 3.63) is 48.2 Å². The van der Waals surface area contributed by atoms with Crippen molar-refractivity contribution in [1.29, 1.82) is 0 Å². The molecule has 264 valence electrons. The van der Waals surface area contributed by atoms with Gasteiger partial charge < -0.3 is 35.4 Å². The van der Waals surface area contributed by atoms with Crippen LogP contribution >= 0.6 is 0 Å². The fourth-order valence-electron chi connectivity index (χ4n) is 6.68. The Morgan fingerprint density at radius 2 is 1.71 bits per heavy atom. The van der Waals surface area contributed by atoms with E-state index in [9.17, 15) is 27.9 Å². The minimum absolute atomic E-state index is 0.109. The minimum Gasteiger partial charge on any atom is -0.453 e. The highest BCUT2D eigenvalue weighted by molar-refractivity contribution is 5.87. The normalized spacial score (nSPS) is 21.8. The molecule has 2 bridgehead atoms. The van der Waals surface area contributed by atoms with E-state index in [1.165, 1.54) is 6.42 Å². The molecule has 2 aromatic rings. The van der Waals surface area contributed by atoms with Crippen molar-refractivity contribution < 1.29 is 37.3 Å². The van der Waals surface area contributed by atoms with Crippen LogP contribution in [0.2, 0.25) is 0 Å². The molecule has 2 unspecified atom stereocenters. The first kappa shape index (κ1) is 35.8. The number of halogens is 3. The topological polar surface area (TPSA) is 128 Å². The number of carbonyl (C=O) groups excluding carboxylic acids is 2. The third-order valence-electron chi connectivity index (χ3n) is 9.84. The summed E-state index contributed by atoms with van der Waals surface area (Å²) >= 11 is 0. The first-order chi connectivity index (χ1) is 22.8. The van der Waals surface area contributed by atoms with Crippen LogP contribution in [0.5, 0.6) is 0 Å². The van der Waals surface area contributed by atoms with Crippen molar-refractivity contribution in [3.63, 3.8) is 0 Å². The number of piperidine rings is 1. The van der Waals surface area contributed by atoms with E-state index in [4.69, 9.17) is 9.72 Å². The van der Waals surface area contributed by atoms with Crippen LogP contribution in [0, 0.1) is 5.41 Å². The number of aromatic nitrogens is 1. The Hall–Kier alpha value is -3.46. The highest BCUT2D eigenvalue weighted by Crippen LogP contribution is 2.41. The molecule has 1 aromatic carbocycles. The number of ether oxygens (including phenoxy) is 2. The van der Waals surface area contributed by atoms with Crippen LogP contribution in [0.1, 0.15) is 39.2 Å². The highest BCUT2D eigenvalue weighted by Gasteiger charge is 2.56. The van der Waals surface area contributed by atoms with Crippen LogP contribution < -0.4 is 20.9 Å². The summed E-state index contributed by atoms with van der Waals surface area (Å²) in [7, 11) is 1.00. The number of alkyl halides is 3. The maximum Gasteiger partial charge on any atom is 0.407 e. The number of rotatable bonds is 14. The summed E-state index contributed by atoms with van der Waals surface area (Å²) in [5.41, 5.74) is -0.0206. The molecule has 0 spiro atoms. The molecule has 4 saturated heterocycles. The van der Waals surface area contributed by atoms with Gasteiger partial charge in [0.25, 0.3) is 0 Å². The molecule has 4 aliphatic heterocycles. The van der Waals surface area contributed by atoms with E-state index in [0.29, 0.717) is 24.7 Å². The fraction of sp³-hybridized carbons (Fsp3) is 0.618. The van der Waals surface area contributed by atoms with Gasteiger partial charge in [-0.25, -0.2) is 9.78 Å². The molecule has 6 rings (SSSR count). The van der Waals surface area contributed by atoms with Gasteiger partial charge in [0.2, 0.25) is 5.91 Å². The number of piperazine rings is 1. The van der Waals surface area contributed by atoms with Gasteiger partial charge in [0.1, 0.15) is 11.9 Å². The largest absolute Gasteiger partial charge is 0.453 e. The van der Waals surface area contributed by atoms with Crippen molar-refractivity contribution in [1.82, 2.24) is 25.8 Å². The van der Waals surface area contributed by atoms with Gasteiger partial charge in [0, 0.05) is 43.5 Å². The molecule has 0 aliphatic carbocycles. The first-order valence-electron chi connectivity index (χ1n) is 16.6. The molecular weight excluding hydrogens is 629 g/mol. The number of aliphatic hydroxyl groups excluding tert-OH is 1. The molecule has 4 fully saturated rings. The zero-order chi connectivity index (χ0) is 34.6. The summed E-state index contributed by atoms with van der Waals surface area (Å²) in [5.74, 6) is -0.131. The number of fused-ring (bicyclic) bond motifs is 2. The number of hydrogen-bond acceptors (Lipinski definition) is 9. The predicted molar refractivity (Wildman–Crippen MR) is 174 cm³/mol. The lowest BCUT2D eigenvalue weighted by atomic mass is 9.82. The predicted octanol–water partition coefficient (Wildman–Crippen LogP) is 3.11. The molecule has 5 heterocycles. The van der Waals surface area contributed by atoms with Crippen molar-refractivity contribution in [3.8, 4) is 11.1 Å². The smallest absolute Gasteiger partial charge is 0.407 e. The summed E-state index contributed by atoms with van der Waals surface area (Å²) in [6.45, 7) is 7.92. The Morgan fingerprint density at radius 1 is 1.04 bits per heavy atom. The van der Waals surface area contributed by atoms with E-state index >= 15 is 0 Å². The number of hydrogen-bond donors (Lipinski definition) is 4. The molecule has 14 heteroatoms. The fourth-order valence-corrected chi connectivity index (χ4v) is 6.68. The van der Waals surface area contributed by atoms with E-state index in [0.717, 1.165) is 76.2 Å². The van der Waals surface area contributed by atoms with Gasteiger partial charge in [-0.2, -0.15) is 13.2 Å². The van der Waals surface area contributed by atoms with Crippen LogP contribution in [0.15, 0.2) is 42.6 Å². The van der Waals surface area contributed by atoms with E-state index in [1.54, 1.807) is 0 Å². The van der Waals surface area contributed by atoms with Crippen molar-refractivity contribution in [2.24, 2.45) is 5.41 Å². The Morgan fingerprint density at radius 3 is 2.25 bits per heavy atom. The van der Waals surface area contributed by atoms with Crippen LogP contribution in [0.3, 0.4) is 0 Å². The van der Waals surface area contributed by atoms with Gasteiger partial charge in [-0.05, 0) is 62.9 Å². The summed E-state index contributed by atoms with van der Waals surface area (Å²) in [6, 6.07) is 10.3. The summed E-state index contributed by atoms with van der Waals surface area (Å²) < 4.78 is 51.8. The summed E-state index contributed by atoms with van der Waals surface area (Å²) in [6.07, 6.45) is -3.10. The Bertz CT molecular complexity index is 1380. The first-order valence-corrected chi connectivity index (χ1v) is 16.6. The zero-order valence-electron chi connectivity index (χ0n) is 27.9. The van der Waals surface area contributed by atoms with Gasteiger partial charge in [-0.3, -0.25) is 9.69 Å². The third kappa shape index (κ3) is 7.88. The standard InChI is InChI=1S/C34H47F3N6O5/c1-5-12-38-16-28(44)27(40-31(45)30(41-32(46)47-4)33(2,3)34(35,36)37)13-21-6-8-22(9-7-21)23-10-11-29(39-15-23)42-17-24-14-25(18-42)43(24)26-19-48-20-26/h6-11,15,24-28,30,38,44H,5,12-14,16-20H2,1-4H3,(H,40,45)(H,41,46)/t24?,25?,27-,28-,30+/m0/s1. The summed E-state index contributed by atoms with van der Waals surface area (Å²) in [4.78, 5) is 35.0. The third-order valence-corrected chi connectivity index (χ3v) is 9.84. The lowest BCUT2D eigenvalue weighted by Crippen LogP contribution is -2.74. The molecule has 2 amide bonds. The maximum atomic E-state index is 14.0. The Labute approximate surface area is 279 Å². The molecule has 0 radical (unpaired) electrons. The molecule has 5 atom stereocenters. The van der Waals surface area contributed by atoms with E-state index < -0.39 is 41.8 Å². The van der Waals surface area contributed by atoms with Crippen LogP contribution in [-0.2, 0) is 20.7 Å². The van der Waals surface area contributed by atoms with Crippen molar-refractivity contribution in [2.75, 3.05) is 51.4 Å². The lowest BCUT2D eigenvalue weighted by Gasteiger charge is -2.60. The number of benzene rings is 1. The molecule has 48 heavy (non-hydrogen) atoms. The van der Waals surface area contributed by atoms with Gasteiger partial charge in [0.05, 0.1) is 43.9 Å². The number of aliphatic hydroxyl groups is 1. The number of pyridine rings is 1. The maximum absolute atomic E-state index is 14.0. The van der Waals surface area contributed by atoms with Crippen LogP contribution in [0.25, 0.3) is 11.1 Å². The Kier molecular flexibility index (Phi) is 11.2. The van der Waals surface area contributed by atoms with Crippen molar-refractivity contribution in [2.45, 2.75) is 82.5 Å². The number of nitrogens with one attached hydrogen (secondary N) is 3. The average Bonchev–Trinajstić information content (AvgIpc) is 3.04. The van der Waals surface area contributed by atoms with Gasteiger partial charge in [-0.1, -0.05) is 31.2 Å². The SMILES string of the molecule is CCCNC[C@H](O)[C@H](Cc1ccc(-c2ccc(N3CC4CC(C3)N4C3COC3)nc2)cc1)NC(=O)[C@@H](NC(=O)OC)C(C)(C)C(F)(F)F. The molecular formula is C34H47F3N6O5. The number of anilines is 1. The average molecular weight is 677 g/mol. The second-order valence-electron chi connectivity index (χ2n) is 13.6. The van der Waals surface area contributed by atoms with Crippen molar-refractivity contribution >= 4 is 17.8 Å². The number of methoxy groups -OCH3 is 1. The molecule has 0 saturated carbocycles. The van der Waals surface area contributed by atoms with Gasteiger partial charge >= 0.3 is 12.3 Å². The molecule has 1 aromatic heterocycles. The molecule has 11 nitrogen and oxygen atoms in total. The number of amides is 2. The van der Waals surface area contributed by atoms with Gasteiger partial charge in [-0.15, -0.1) is 0 Å². The van der Waals surface area contributed by atoms with Crippen LogP contribution in [0.4, 0.5) is 23.8 Å². The van der Waals surface area contributed by atoms with E-state index in [1.807, 2.05) is 54.8 Å². The summed E-state index contributed by atoms with van der Waals surface area (Å²) in [5, 5.41) is 18.7. The monoisotopic (exact) mass is 676 g/mol. The quantitative estimate of drug-likeness (QED) is 0.223. The minimum atomic E-state index is -4.82. The van der Waals surface area contributed by atoms with E-state index in [2.05, 4.69) is 25.2 Å². The highest BCUT2D eigenvalue weighted by atomic mass is 19.4. The second-order valence-corrected chi connectivity index (χ2v) is 13.6. The number of alkyl carbamates (subject to hydrolysis) is 1. The zero-order valence-corrected chi connectivity index (χ0v) is 27.9. The number of nitrogens with zero attached hydrogens (tertiary/aromatic N) is 3. The van der Waals surface area contributed by atoms with E-state index in [-0.39, 0.29) is 13.0 Å². The molecule has 4 aliphatic rings. The Balaban J connectivity index is 1.25. The lowest BCUT2D eigenvalue weighted by molar-refractivity contribution is -0.220. The molecule has 4 N–H and O–H groups in total.